The van der Waals surface area contributed by atoms with Crippen molar-refractivity contribution in [3.05, 3.63) is 0 Å². The van der Waals surface area contributed by atoms with E-state index in [1.807, 2.05) is 23.0 Å². The number of halogens is 2. The molecule has 0 heterocycles. The zero-order valence-electron chi connectivity index (χ0n) is 5.90. The van der Waals surface area contributed by atoms with Gasteiger partial charge in [0.2, 0.25) is 0 Å². The molecule has 0 saturated carbocycles. The second-order valence-corrected chi connectivity index (χ2v) is 4.87. The van der Waals surface area contributed by atoms with E-state index in [0.717, 1.165) is 11.0 Å². The SMILES string of the molecule is C[N+](C)(C)CC(I)OI. The largest absolute Gasteiger partial charge is 0.328 e. The maximum Gasteiger partial charge on any atom is 0.169 e. The summed E-state index contributed by atoms with van der Waals surface area (Å²) in [4.78, 5) is 0. The smallest absolute Gasteiger partial charge is 0.169 e. The molecule has 0 aromatic heterocycles. The highest BCUT2D eigenvalue weighted by Crippen LogP contribution is 2.10. The summed E-state index contributed by atoms with van der Waals surface area (Å²) < 4.78 is 6.34. The molecule has 0 fully saturated rings. The Kier molecular flexibility index (Phi) is 4.96. The van der Waals surface area contributed by atoms with Crippen LogP contribution < -0.4 is 0 Å². The van der Waals surface area contributed by atoms with Gasteiger partial charge in [-0.25, -0.2) is 0 Å². The van der Waals surface area contributed by atoms with Crippen molar-refractivity contribution in [2.24, 2.45) is 0 Å². The Hall–Kier alpha value is 1.38. The van der Waals surface area contributed by atoms with Crippen LogP contribution in [0.1, 0.15) is 0 Å². The Morgan fingerprint density at radius 2 is 1.89 bits per heavy atom. The third-order valence-electron chi connectivity index (χ3n) is 0.788. The van der Waals surface area contributed by atoms with Gasteiger partial charge in [-0.2, -0.15) is 0 Å². The van der Waals surface area contributed by atoms with Crippen molar-refractivity contribution in [3.8, 4) is 0 Å². The molecular formula is C5H12I2NO+. The van der Waals surface area contributed by atoms with Gasteiger partial charge in [-0.1, -0.05) is 0 Å². The highest BCUT2D eigenvalue weighted by atomic mass is 127. The number of rotatable bonds is 3. The molecule has 0 aliphatic rings. The van der Waals surface area contributed by atoms with Crippen LogP contribution in [0.3, 0.4) is 0 Å². The summed E-state index contributed by atoms with van der Waals surface area (Å²) in [5, 5.41) is 0. The average Bonchev–Trinajstić information content (AvgIpc) is 1.62. The van der Waals surface area contributed by atoms with E-state index in [9.17, 15) is 0 Å². The second-order valence-electron chi connectivity index (χ2n) is 2.97. The fourth-order valence-electron chi connectivity index (χ4n) is 0.459. The molecule has 1 unspecified atom stereocenters. The Bertz CT molecular complexity index is 81.5. The third kappa shape index (κ3) is 7.27. The topological polar surface area (TPSA) is 9.23 Å². The summed E-state index contributed by atoms with van der Waals surface area (Å²) in [6, 6.07) is 0. The average molecular weight is 356 g/mol. The molecule has 0 aromatic rings. The van der Waals surface area contributed by atoms with Crippen LogP contribution in [0.25, 0.3) is 0 Å². The predicted octanol–water partition coefficient (Wildman–Crippen LogP) is 1.82. The van der Waals surface area contributed by atoms with E-state index in [-0.39, 0.29) is 0 Å². The number of hydrogen-bond donors (Lipinski definition) is 0. The van der Waals surface area contributed by atoms with Crippen molar-refractivity contribution >= 4 is 45.6 Å². The van der Waals surface area contributed by atoms with Crippen LogP contribution in [0, 0.1) is 0 Å². The second kappa shape index (κ2) is 4.30. The van der Waals surface area contributed by atoms with E-state index in [1.54, 1.807) is 0 Å². The molecule has 0 spiro atoms. The molecule has 56 valence electrons. The molecule has 9 heavy (non-hydrogen) atoms. The quantitative estimate of drug-likeness (QED) is 0.426. The maximum atomic E-state index is 5.07. The molecule has 0 aliphatic heterocycles. The van der Waals surface area contributed by atoms with Crippen molar-refractivity contribution in [1.82, 2.24) is 0 Å². The molecule has 0 aromatic carbocycles. The zero-order valence-corrected chi connectivity index (χ0v) is 10.2. The van der Waals surface area contributed by atoms with E-state index < -0.39 is 0 Å². The van der Waals surface area contributed by atoms with Gasteiger partial charge in [0, 0.05) is 0 Å². The first kappa shape index (κ1) is 10.4. The number of likely N-dealkylation sites (N-methyl/N-ethyl adjacent to an activating group) is 1. The first-order chi connectivity index (χ1) is 3.95. The number of alkyl halides is 1. The van der Waals surface area contributed by atoms with Gasteiger partial charge in [0.05, 0.1) is 21.1 Å². The van der Waals surface area contributed by atoms with Gasteiger partial charge in [-0.15, -0.1) is 0 Å². The summed E-state index contributed by atoms with van der Waals surface area (Å²) in [6.07, 6.45) is 0. The van der Waals surface area contributed by atoms with Gasteiger partial charge in [0.1, 0.15) is 29.6 Å². The van der Waals surface area contributed by atoms with E-state index in [0.29, 0.717) is 4.11 Å². The lowest BCUT2D eigenvalue weighted by molar-refractivity contribution is -0.870. The van der Waals surface area contributed by atoms with Crippen LogP contribution >= 0.6 is 45.6 Å². The number of hydrogen-bond acceptors (Lipinski definition) is 1. The zero-order chi connectivity index (χ0) is 7.49. The normalized spacial score (nSPS) is 15.7. The van der Waals surface area contributed by atoms with E-state index >= 15 is 0 Å². The first-order valence-corrected chi connectivity index (χ1v) is 4.80. The Balaban J connectivity index is 3.47. The van der Waals surface area contributed by atoms with Crippen molar-refractivity contribution in [2.75, 3.05) is 27.7 Å². The lowest BCUT2D eigenvalue weighted by Gasteiger charge is -2.25. The van der Waals surface area contributed by atoms with Gasteiger partial charge in [-0.05, 0) is 22.6 Å². The molecule has 0 radical (unpaired) electrons. The molecule has 0 N–H and O–H groups in total. The van der Waals surface area contributed by atoms with Crippen molar-refractivity contribution in [3.63, 3.8) is 0 Å². The van der Waals surface area contributed by atoms with Crippen LogP contribution in [0.4, 0.5) is 0 Å². The summed E-state index contributed by atoms with van der Waals surface area (Å²) >= 11 is 4.22. The molecular weight excluding hydrogens is 344 g/mol. The van der Waals surface area contributed by atoms with Crippen LogP contribution in [0.5, 0.6) is 0 Å². The van der Waals surface area contributed by atoms with E-state index in [2.05, 4.69) is 43.7 Å². The van der Waals surface area contributed by atoms with Gasteiger partial charge in [-0.3, -0.25) is 3.07 Å². The maximum absolute atomic E-state index is 5.07. The summed E-state index contributed by atoms with van der Waals surface area (Å²) in [5.74, 6) is 0. The minimum atomic E-state index is 0.322. The predicted molar refractivity (Wildman–Crippen MR) is 55.8 cm³/mol. The van der Waals surface area contributed by atoms with Crippen LogP contribution in [0.15, 0.2) is 0 Å². The summed E-state index contributed by atoms with van der Waals surface area (Å²) in [6.45, 7) is 1.05. The van der Waals surface area contributed by atoms with Gasteiger partial charge in [0.25, 0.3) is 0 Å². The van der Waals surface area contributed by atoms with Crippen molar-refractivity contribution in [2.45, 2.75) is 4.11 Å². The van der Waals surface area contributed by atoms with Crippen molar-refractivity contribution in [1.29, 1.82) is 0 Å². The molecule has 1 atom stereocenters. The van der Waals surface area contributed by atoms with Crippen LogP contribution in [-0.2, 0) is 3.07 Å². The van der Waals surface area contributed by atoms with Gasteiger partial charge >= 0.3 is 0 Å². The molecule has 0 bridgehead atoms. The summed E-state index contributed by atoms with van der Waals surface area (Å²) in [7, 11) is 6.46. The summed E-state index contributed by atoms with van der Waals surface area (Å²) in [5.41, 5.74) is 0. The molecule has 0 saturated heterocycles. The molecule has 2 nitrogen and oxygen atoms in total. The highest BCUT2D eigenvalue weighted by molar-refractivity contribution is 14.1. The Morgan fingerprint density at radius 3 is 2.00 bits per heavy atom. The lowest BCUT2D eigenvalue weighted by atomic mass is 10.5. The van der Waals surface area contributed by atoms with Crippen LogP contribution in [-0.4, -0.2) is 36.3 Å². The fraction of sp³-hybridized carbons (Fsp3) is 1.00. The van der Waals surface area contributed by atoms with Gasteiger partial charge in [0.15, 0.2) is 4.11 Å². The Labute approximate surface area is 84.4 Å². The van der Waals surface area contributed by atoms with E-state index in [4.69, 9.17) is 3.07 Å². The molecule has 0 rings (SSSR count). The number of quaternary nitrogens is 1. The minimum absolute atomic E-state index is 0.322. The minimum Gasteiger partial charge on any atom is -0.328 e. The van der Waals surface area contributed by atoms with Gasteiger partial charge < -0.3 is 4.48 Å². The molecule has 0 aliphatic carbocycles. The Morgan fingerprint density at radius 1 is 1.44 bits per heavy atom. The fourth-order valence-corrected chi connectivity index (χ4v) is 1.80. The highest BCUT2D eigenvalue weighted by Gasteiger charge is 2.13. The van der Waals surface area contributed by atoms with E-state index in [1.165, 1.54) is 0 Å². The van der Waals surface area contributed by atoms with Crippen LogP contribution in [0.2, 0.25) is 0 Å². The standard InChI is InChI=1S/C5H12I2NO/c1-8(2,3)4-5(6)9-7/h5H,4H2,1-3H3/q+1. The number of nitrogens with zero attached hydrogens (tertiary/aromatic N) is 1. The third-order valence-corrected chi connectivity index (χ3v) is 3.02. The van der Waals surface area contributed by atoms with Crippen molar-refractivity contribution < 1.29 is 7.55 Å². The first-order valence-electron chi connectivity index (χ1n) is 2.67. The molecule has 0 amide bonds. The molecule has 4 heteroatoms. The lowest BCUT2D eigenvalue weighted by Crippen LogP contribution is -2.39. The monoisotopic (exact) mass is 356 g/mol.